The molecule has 0 aliphatic heterocycles. The Hall–Kier alpha value is -3.00. The van der Waals surface area contributed by atoms with Crippen molar-refractivity contribution in [3.8, 4) is 17.7 Å². The van der Waals surface area contributed by atoms with Crippen molar-refractivity contribution in [1.29, 1.82) is 5.26 Å². The van der Waals surface area contributed by atoms with Gasteiger partial charge >= 0.3 is 0 Å². The zero-order valence-corrected chi connectivity index (χ0v) is 12.4. The lowest BCUT2D eigenvalue weighted by Gasteiger charge is -2.19. The zero-order chi connectivity index (χ0) is 15.6. The minimum Gasteiger partial charge on any atom is -0.440 e. The van der Waals surface area contributed by atoms with Gasteiger partial charge in [-0.05, 0) is 37.1 Å². The Bertz CT molecular complexity index is 880. The number of nitriles is 1. The third-order valence-electron chi connectivity index (χ3n) is 4.13. The monoisotopic (exact) mass is 302 g/mol. The topological polar surface area (TPSA) is 75.6 Å². The Labute approximate surface area is 133 Å². The van der Waals surface area contributed by atoms with Gasteiger partial charge in [0, 0.05) is 24.2 Å². The van der Waals surface area contributed by atoms with Gasteiger partial charge in [0.1, 0.15) is 23.2 Å². The van der Waals surface area contributed by atoms with Crippen molar-refractivity contribution in [2.24, 2.45) is 0 Å². The maximum absolute atomic E-state index is 9.00. The molecule has 1 aliphatic rings. The molecule has 1 unspecified atom stereocenters. The molecule has 0 N–H and O–H groups in total. The number of fused-ring (bicyclic) bond motifs is 1. The second-order valence-corrected chi connectivity index (χ2v) is 5.60. The van der Waals surface area contributed by atoms with Gasteiger partial charge in [0.15, 0.2) is 0 Å². The normalized spacial score (nSPS) is 16.6. The third-order valence-corrected chi connectivity index (χ3v) is 4.13. The second kappa shape index (κ2) is 5.65. The minimum atomic E-state index is 0.264. The number of rotatable bonds is 2. The molecular formula is C18H14N4O. The first kappa shape index (κ1) is 13.6. The average Bonchev–Trinajstić information content (AvgIpc) is 3.06. The van der Waals surface area contributed by atoms with Crippen LogP contribution in [0.25, 0.3) is 11.6 Å². The molecule has 0 saturated heterocycles. The van der Waals surface area contributed by atoms with Crippen molar-refractivity contribution in [2.45, 2.75) is 25.2 Å². The van der Waals surface area contributed by atoms with Crippen LogP contribution in [0.15, 0.2) is 47.0 Å². The van der Waals surface area contributed by atoms with E-state index in [1.165, 1.54) is 0 Å². The van der Waals surface area contributed by atoms with Crippen molar-refractivity contribution < 1.29 is 4.42 Å². The van der Waals surface area contributed by atoms with Crippen LogP contribution in [0.1, 0.15) is 35.2 Å². The van der Waals surface area contributed by atoms with Crippen LogP contribution in [-0.4, -0.2) is 15.0 Å². The first-order valence-corrected chi connectivity index (χ1v) is 7.60. The van der Waals surface area contributed by atoms with Crippen LogP contribution in [0.5, 0.6) is 0 Å². The molecule has 5 nitrogen and oxygen atoms in total. The molecular weight excluding hydrogens is 288 g/mol. The number of nitrogens with zero attached hydrogens (tertiary/aromatic N) is 4. The summed E-state index contributed by atoms with van der Waals surface area (Å²) in [6.07, 6.45) is 4.31. The lowest BCUT2D eigenvalue weighted by atomic mass is 9.87. The van der Waals surface area contributed by atoms with Crippen LogP contribution in [-0.2, 0) is 12.8 Å². The summed E-state index contributed by atoms with van der Waals surface area (Å²) in [5, 5.41) is 9.00. The molecule has 1 aliphatic carbocycles. The highest BCUT2D eigenvalue weighted by Gasteiger charge is 2.26. The molecule has 3 aromatic rings. The maximum atomic E-state index is 9.00. The lowest BCUT2D eigenvalue weighted by Crippen LogP contribution is -2.13. The van der Waals surface area contributed by atoms with E-state index < -0.39 is 0 Å². The number of aromatic nitrogens is 3. The Balaban J connectivity index is 1.62. The summed E-state index contributed by atoms with van der Waals surface area (Å²) in [7, 11) is 0. The fourth-order valence-corrected chi connectivity index (χ4v) is 2.97. The highest BCUT2D eigenvalue weighted by molar-refractivity contribution is 5.47. The Morgan fingerprint density at radius 3 is 2.91 bits per heavy atom. The van der Waals surface area contributed by atoms with Gasteiger partial charge in [0.05, 0.1) is 5.69 Å². The van der Waals surface area contributed by atoms with E-state index in [1.54, 1.807) is 12.3 Å². The number of aryl methyl sites for hydroxylation is 1. The molecule has 112 valence electrons. The number of hydrogen-bond acceptors (Lipinski definition) is 5. The molecule has 0 amide bonds. The molecule has 3 aromatic heterocycles. The van der Waals surface area contributed by atoms with Crippen molar-refractivity contribution in [3.63, 3.8) is 0 Å². The average molecular weight is 302 g/mol. The summed E-state index contributed by atoms with van der Waals surface area (Å²) < 4.78 is 5.93. The van der Waals surface area contributed by atoms with E-state index in [0.717, 1.165) is 42.1 Å². The van der Waals surface area contributed by atoms with Gasteiger partial charge in [0.25, 0.3) is 0 Å². The second-order valence-electron chi connectivity index (χ2n) is 5.60. The van der Waals surface area contributed by atoms with E-state index in [4.69, 9.17) is 9.68 Å². The van der Waals surface area contributed by atoms with Crippen LogP contribution in [0.4, 0.5) is 0 Å². The summed E-state index contributed by atoms with van der Waals surface area (Å²) in [4.78, 5) is 13.3. The highest BCUT2D eigenvalue weighted by atomic mass is 16.4. The molecule has 23 heavy (non-hydrogen) atoms. The van der Waals surface area contributed by atoms with E-state index in [-0.39, 0.29) is 5.92 Å². The van der Waals surface area contributed by atoms with Gasteiger partial charge in [-0.25, -0.2) is 9.97 Å². The molecule has 0 bridgehead atoms. The Kier molecular flexibility index (Phi) is 3.35. The first-order chi connectivity index (χ1) is 11.3. The van der Waals surface area contributed by atoms with Crippen molar-refractivity contribution in [1.82, 2.24) is 15.0 Å². The summed E-state index contributed by atoms with van der Waals surface area (Å²) in [5.41, 5.74) is 3.17. The predicted molar refractivity (Wildman–Crippen MR) is 83.5 cm³/mol. The number of hydrogen-bond donors (Lipinski definition) is 0. The van der Waals surface area contributed by atoms with Gasteiger partial charge < -0.3 is 4.42 Å². The molecule has 3 heterocycles. The molecule has 0 radical (unpaired) electrons. The standard InChI is InChI=1S/C18H14N4O/c19-11-13-4-3-6-14(21-13)12-7-8-15-17(10-12)23-18(22-15)16-5-1-2-9-20-16/h1-6,9,12H,7-8,10H2. The molecule has 0 aromatic carbocycles. The van der Waals surface area contributed by atoms with Gasteiger partial charge in [-0.3, -0.25) is 4.98 Å². The molecule has 1 atom stereocenters. The van der Waals surface area contributed by atoms with E-state index >= 15 is 0 Å². The smallest absolute Gasteiger partial charge is 0.245 e. The van der Waals surface area contributed by atoms with Crippen LogP contribution in [0, 0.1) is 11.3 Å². The third kappa shape index (κ3) is 2.59. The highest BCUT2D eigenvalue weighted by Crippen LogP contribution is 2.33. The summed E-state index contributed by atoms with van der Waals surface area (Å²) in [5.74, 6) is 1.75. The molecule has 5 heteroatoms. The van der Waals surface area contributed by atoms with E-state index in [2.05, 4.69) is 21.0 Å². The minimum absolute atomic E-state index is 0.264. The van der Waals surface area contributed by atoms with Crippen LogP contribution < -0.4 is 0 Å². The zero-order valence-electron chi connectivity index (χ0n) is 12.4. The fraction of sp³-hybridized carbons (Fsp3) is 0.222. The quantitative estimate of drug-likeness (QED) is 0.726. The van der Waals surface area contributed by atoms with Crippen molar-refractivity contribution in [3.05, 3.63) is 65.4 Å². The maximum Gasteiger partial charge on any atom is 0.245 e. The summed E-state index contributed by atoms with van der Waals surface area (Å²) in [6.45, 7) is 0. The van der Waals surface area contributed by atoms with Crippen LogP contribution in [0.3, 0.4) is 0 Å². The van der Waals surface area contributed by atoms with Crippen molar-refractivity contribution >= 4 is 0 Å². The van der Waals surface area contributed by atoms with Gasteiger partial charge in [-0.15, -0.1) is 0 Å². The van der Waals surface area contributed by atoms with Gasteiger partial charge in [-0.2, -0.15) is 5.26 Å². The first-order valence-electron chi connectivity index (χ1n) is 7.60. The van der Waals surface area contributed by atoms with Crippen molar-refractivity contribution in [2.75, 3.05) is 0 Å². The van der Waals surface area contributed by atoms with Gasteiger partial charge in [-0.1, -0.05) is 12.1 Å². The molecule has 0 fully saturated rings. The number of oxazole rings is 1. The van der Waals surface area contributed by atoms with Gasteiger partial charge in [0.2, 0.25) is 5.89 Å². The van der Waals surface area contributed by atoms with E-state index in [1.807, 2.05) is 30.3 Å². The van der Waals surface area contributed by atoms with E-state index in [0.29, 0.717) is 11.6 Å². The predicted octanol–water partition coefficient (Wildman–Crippen LogP) is 3.28. The SMILES string of the molecule is N#Cc1cccc(C2CCc3nc(-c4ccccn4)oc3C2)n1. The molecule has 4 rings (SSSR count). The largest absolute Gasteiger partial charge is 0.440 e. The summed E-state index contributed by atoms with van der Waals surface area (Å²) in [6, 6.07) is 13.4. The van der Waals surface area contributed by atoms with E-state index in [9.17, 15) is 0 Å². The fourth-order valence-electron chi connectivity index (χ4n) is 2.97. The number of pyridine rings is 2. The molecule has 0 spiro atoms. The van der Waals surface area contributed by atoms with Crippen LogP contribution in [0.2, 0.25) is 0 Å². The Morgan fingerprint density at radius 1 is 1.13 bits per heavy atom. The van der Waals surface area contributed by atoms with Crippen LogP contribution >= 0.6 is 0 Å². The lowest BCUT2D eigenvalue weighted by molar-refractivity contribution is 0.453. The Morgan fingerprint density at radius 2 is 2.09 bits per heavy atom. The molecule has 0 saturated carbocycles. The summed E-state index contributed by atoms with van der Waals surface area (Å²) >= 11 is 0.